The van der Waals surface area contributed by atoms with Gasteiger partial charge in [-0.1, -0.05) is 26.7 Å². The highest BCUT2D eigenvalue weighted by Gasteiger charge is 2.11. The number of carbonyl (C=O) groups excluding carboxylic acids is 1. The Balaban J connectivity index is 1.89. The molecule has 0 radical (unpaired) electrons. The van der Waals surface area contributed by atoms with E-state index in [1.165, 1.54) is 25.7 Å². The van der Waals surface area contributed by atoms with Crippen LogP contribution in [0.2, 0.25) is 0 Å². The zero-order chi connectivity index (χ0) is 20.4. The van der Waals surface area contributed by atoms with Gasteiger partial charge in [0.05, 0.1) is 11.4 Å². The van der Waals surface area contributed by atoms with Crippen molar-refractivity contribution in [2.45, 2.75) is 39.5 Å². The van der Waals surface area contributed by atoms with Crippen molar-refractivity contribution in [2.24, 2.45) is 0 Å². The third-order valence-electron chi connectivity index (χ3n) is 4.80. The second kappa shape index (κ2) is 11.3. The Labute approximate surface area is 168 Å². The van der Waals surface area contributed by atoms with Gasteiger partial charge in [0.2, 0.25) is 0 Å². The number of nitrogens with zero attached hydrogens (tertiary/aromatic N) is 1. The molecular weight excluding hydrogens is 350 g/mol. The highest BCUT2D eigenvalue weighted by molar-refractivity contribution is 6.09. The smallest absolute Gasteiger partial charge is 0.193 e. The summed E-state index contributed by atoms with van der Waals surface area (Å²) in [5.74, 6) is 0.697. The number of hydrogen-bond acceptors (Lipinski definition) is 5. The summed E-state index contributed by atoms with van der Waals surface area (Å²) in [7, 11) is 0. The van der Waals surface area contributed by atoms with E-state index in [1.807, 2.05) is 12.1 Å². The van der Waals surface area contributed by atoms with Crippen LogP contribution < -0.4 is 16.2 Å². The molecule has 0 saturated carbocycles. The van der Waals surface area contributed by atoms with Gasteiger partial charge in [-0.2, -0.15) is 0 Å². The van der Waals surface area contributed by atoms with E-state index in [9.17, 15) is 4.79 Å². The topological polar surface area (TPSA) is 81.6 Å². The molecule has 0 amide bonds. The molecule has 0 atom stereocenters. The maximum atomic E-state index is 12.6. The first-order valence-corrected chi connectivity index (χ1v) is 10.2. The Morgan fingerprint density at radius 2 is 1.46 bits per heavy atom. The highest BCUT2D eigenvalue weighted by Crippen LogP contribution is 2.20. The van der Waals surface area contributed by atoms with E-state index in [-0.39, 0.29) is 5.78 Å². The van der Waals surface area contributed by atoms with Gasteiger partial charge in [-0.15, -0.1) is 0 Å². The van der Waals surface area contributed by atoms with Crippen LogP contribution in [0.4, 0.5) is 11.4 Å². The lowest BCUT2D eigenvalue weighted by molar-refractivity contribution is 0.103. The van der Waals surface area contributed by atoms with E-state index in [0.717, 1.165) is 25.4 Å². The molecule has 0 aliphatic heterocycles. The molecule has 0 unspecified atom stereocenters. The van der Waals surface area contributed by atoms with Gasteiger partial charge in [0.1, 0.15) is 12.4 Å². The van der Waals surface area contributed by atoms with Crippen molar-refractivity contribution in [1.82, 2.24) is 4.90 Å². The van der Waals surface area contributed by atoms with Crippen LogP contribution in [0.5, 0.6) is 5.75 Å². The van der Waals surface area contributed by atoms with Crippen molar-refractivity contribution >= 4 is 17.2 Å². The van der Waals surface area contributed by atoms with E-state index < -0.39 is 0 Å². The maximum Gasteiger partial charge on any atom is 0.193 e. The summed E-state index contributed by atoms with van der Waals surface area (Å²) in [6, 6.07) is 12.2. The number of benzene rings is 2. The Kier molecular flexibility index (Phi) is 8.82. The van der Waals surface area contributed by atoms with E-state index in [4.69, 9.17) is 16.2 Å². The third-order valence-corrected chi connectivity index (χ3v) is 4.80. The van der Waals surface area contributed by atoms with Gasteiger partial charge in [-0.05, 0) is 68.4 Å². The lowest BCUT2D eigenvalue weighted by atomic mass is 10.0. The van der Waals surface area contributed by atoms with Gasteiger partial charge < -0.3 is 16.2 Å². The van der Waals surface area contributed by atoms with Gasteiger partial charge in [0, 0.05) is 17.7 Å². The lowest BCUT2D eigenvalue weighted by Crippen LogP contribution is -2.30. The summed E-state index contributed by atoms with van der Waals surface area (Å²) in [4.78, 5) is 15.1. The van der Waals surface area contributed by atoms with Gasteiger partial charge in [-0.25, -0.2) is 0 Å². The molecular formula is C23H33N3O2. The van der Waals surface area contributed by atoms with Gasteiger partial charge in [0.15, 0.2) is 5.78 Å². The number of anilines is 2. The first-order valence-electron chi connectivity index (χ1n) is 10.2. The van der Waals surface area contributed by atoms with Crippen molar-refractivity contribution in [1.29, 1.82) is 0 Å². The molecule has 0 fully saturated rings. The molecule has 2 aromatic carbocycles. The number of ether oxygens (including phenoxy) is 1. The normalized spacial score (nSPS) is 11.0. The van der Waals surface area contributed by atoms with Crippen LogP contribution in [0.25, 0.3) is 0 Å². The molecule has 0 aromatic heterocycles. The average molecular weight is 384 g/mol. The molecule has 0 bridgehead atoms. The molecule has 5 nitrogen and oxygen atoms in total. The van der Waals surface area contributed by atoms with Crippen molar-refractivity contribution in [2.75, 3.05) is 37.7 Å². The fourth-order valence-corrected chi connectivity index (χ4v) is 2.98. The number of hydrogen-bond donors (Lipinski definition) is 2. The molecule has 0 heterocycles. The van der Waals surface area contributed by atoms with E-state index >= 15 is 0 Å². The molecule has 152 valence electrons. The van der Waals surface area contributed by atoms with Crippen molar-refractivity contribution in [3.05, 3.63) is 53.6 Å². The Hall–Kier alpha value is -2.53. The standard InChI is InChI=1S/C23H33N3O2/c1-3-5-13-26(14-6-4-2)15-16-28-20-10-7-18(8-11-20)23(27)19-9-12-21(24)22(25)17-19/h7-12,17H,3-6,13-16,24-25H2,1-2H3. The minimum atomic E-state index is -0.0800. The van der Waals surface area contributed by atoms with Gasteiger partial charge >= 0.3 is 0 Å². The van der Waals surface area contributed by atoms with Crippen LogP contribution in [0, 0.1) is 0 Å². The van der Waals surface area contributed by atoms with E-state index in [0.29, 0.717) is 29.1 Å². The lowest BCUT2D eigenvalue weighted by Gasteiger charge is -2.22. The van der Waals surface area contributed by atoms with E-state index in [1.54, 1.807) is 30.3 Å². The Morgan fingerprint density at radius 1 is 0.857 bits per heavy atom. The number of nitrogen functional groups attached to an aromatic ring is 2. The van der Waals surface area contributed by atoms with Crippen LogP contribution >= 0.6 is 0 Å². The van der Waals surface area contributed by atoms with Crippen LogP contribution in [0.3, 0.4) is 0 Å². The number of ketones is 1. The average Bonchev–Trinajstić information content (AvgIpc) is 2.71. The monoisotopic (exact) mass is 383 g/mol. The van der Waals surface area contributed by atoms with E-state index in [2.05, 4.69) is 18.7 Å². The molecule has 2 aromatic rings. The number of rotatable bonds is 12. The first-order chi connectivity index (χ1) is 13.5. The predicted octanol–water partition coefficient (Wildman–Crippen LogP) is 4.36. The molecule has 0 spiro atoms. The minimum Gasteiger partial charge on any atom is -0.492 e. The Bertz CT molecular complexity index is 736. The summed E-state index contributed by atoms with van der Waals surface area (Å²) in [6.45, 7) is 8.25. The van der Waals surface area contributed by atoms with Gasteiger partial charge in [-0.3, -0.25) is 9.69 Å². The molecule has 28 heavy (non-hydrogen) atoms. The molecule has 4 N–H and O–H groups in total. The summed E-state index contributed by atoms with van der Waals surface area (Å²) in [5.41, 5.74) is 13.5. The highest BCUT2D eigenvalue weighted by atomic mass is 16.5. The quantitative estimate of drug-likeness (QED) is 0.420. The summed E-state index contributed by atoms with van der Waals surface area (Å²) in [6.07, 6.45) is 4.85. The zero-order valence-corrected chi connectivity index (χ0v) is 17.1. The number of nitrogens with two attached hydrogens (primary N) is 2. The zero-order valence-electron chi connectivity index (χ0n) is 17.1. The molecule has 0 aliphatic carbocycles. The molecule has 0 aliphatic rings. The fraction of sp³-hybridized carbons (Fsp3) is 0.435. The van der Waals surface area contributed by atoms with Crippen molar-refractivity contribution in [3.8, 4) is 5.75 Å². The van der Waals surface area contributed by atoms with Gasteiger partial charge in [0.25, 0.3) is 0 Å². The predicted molar refractivity (Wildman–Crippen MR) is 117 cm³/mol. The molecule has 2 rings (SSSR count). The first kappa shape index (κ1) is 21.8. The van der Waals surface area contributed by atoms with Crippen LogP contribution in [-0.4, -0.2) is 36.9 Å². The number of carbonyl (C=O) groups is 1. The van der Waals surface area contributed by atoms with Crippen LogP contribution in [0.1, 0.15) is 55.5 Å². The fourth-order valence-electron chi connectivity index (χ4n) is 2.98. The van der Waals surface area contributed by atoms with Crippen LogP contribution in [-0.2, 0) is 0 Å². The summed E-state index contributed by atoms with van der Waals surface area (Å²) in [5, 5.41) is 0. The van der Waals surface area contributed by atoms with Crippen molar-refractivity contribution in [3.63, 3.8) is 0 Å². The van der Waals surface area contributed by atoms with Crippen molar-refractivity contribution < 1.29 is 9.53 Å². The largest absolute Gasteiger partial charge is 0.492 e. The second-order valence-electron chi connectivity index (χ2n) is 7.09. The summed E-state index contributed by atoms with van der Waals surface area (Å²) >= 11 is 0. The minimum absolute atomic E-state index is 0.0800. The molecule has 5 heteroatoms. The number of unbranched alkanes of at least 4 members (excludes halogenated alkanes) is 2. The summed E-state index contributed by atoms with van der Waals surface area (Å²) < 4.78 is 5.88. The van der Waals surface area contributed by atoms with Crippen LogP contribution in [0.15, 0.2) is 42.5 Å². The molecule has 0 saturated heterocycles. The SMILES string of the molecule is CCCCN(CCCC)CCOc1ccc(C(=O)c2ccc(N)c(N)c2)cc1. The maximum absolute atomic E-state index is 12.6. The second-order valence-corrected chi connectivity index (χ2v) is 7.09. The third kappa shape index (κ3) is 6.57. The Morgan fingerprint density at radius 3 is 2.04 bits per heavy atom.